The zero-order valence-corrected chi connectivity index (χ0v) is 10.1. The molecular formula is C15H16O3. The quantitative estimate of drug-likeness (QED) is 0.902. The second-order valence-corrected chi connectivity index (χ2v) is 4.62. The number of benzene rings is 1. The summed E-state index contributed by atoms with van der Waals surface area (Å²) in [5, 5.41) is 10.1. The Bertz CT molecular complexity index is 504. The van der Waals surface area contributed by atoms with E-state index in [-0.39, 0.29) is 6.10 Å². The Hall–Kier alpha value is -1.58. The molecule has 0 bridgehead atoms. The molecule has 3 rings (SSSR count). The highest BCUT2D eigenvalue weighted by atomic mass is 16.5. The molecule has 1 aliphatic rings. The summed E-state index contributed by atoms with van der Waals surface area (Å²) in [5.41, 5.74) is 3.33. The van der Waals surface area contributed by atoms with Crippen LogP contribution in [0.15, 0.2) is 47.3 Å². The number of furan rings is 1. The van der Waals surface area contributed by atoms with Crippen LogP contribution in [0.4, 0.5) is 0 Å². The number of hydrogen-bond acceptors (Lipinski definition) is 3. The van der Waals surface area contributed by atoms with Crippen molar-refractivity contribution >= 4 is 0 Å². The summed E-state index contributed by atoms with van der Waals surface area (Å²) in [6.07, 6.45) is 4.11. The van der Waals surface area contributed by atoms with Gasteiger partial charge < -0.3 is 14.3 Å². The second kappa shape index (κ2) is 4.96. The van der Waals surface area contributed by atoms with Gasteiger partial charge in [-0.3, -0.25) is 0 Å². The zero-order valence-electron chi connectivity index (χ0n) is 10.1. The molecule has 3 nitrogen and oxygen atoms in total. The SMILES string of the molecule is OC(CC1OCCc2ccccc21)c1ccoc1. The lowest BCUT2D eigenvalue weighted by Gasteiger charge is -2.27. The first-order chi connectivity index (χ1) is 8.84. The van der Waals surface area contributed by atoms with Crippen molar-refractivity contribution in [2.45, 2.75) is 25.0 Å². The molecule has 2 heterocycles. The number of rotatable bonds is 3. The van der Waals surface area contributed by atoms with Crippen LogP contribution in [-0.4, -0.2) is 11.7 Å². The van der Waals surface area contributed by atoms with Crippen LogP contribution in [0.5, 0.6) is 0 Å². The summed E-state index contributed by atoms with van der Waals surface area (Å²) >= 11 is 0. The Labute approximate surface area is 106 Å². The molecule has 0 aliphatic carbocycles. The number of ether oxygens (including phenoxy) is 1. The van der Waals surface area contributed by atoms with Gasteiger partial charge in [-0.15, -0.1) is 0 Å². The van der Waals surface area contributed by atoms with E-state index in [2.05, 4.69) is 12.1 Å². The van der Waals surface area contributed by atoms with Gasteiger partial charge in [-0.25, -0.2) is 0 Å². The van der Waals surface area contributed by atoms with Gasteiger partial charge in [0.05, 0.1) is 31.3 Å². The number of hydrogen-bond donors (Lipinski definition) is 1. The molecule has 2 atom stereocenters. The van der Waals surface area contributed by atoms with Crippen LogP contribution in [0.3, 0.4) is 0 Å². The van der Waals surface area contributed by atoms with E-state index in [1.165, 1.54) is 11.1 Å². The molecule has 0 saturated heterocycles. The van der Waals surface area contributed by atoms with Gasteiger partial charge >= 0.3 is 0 Å². The number of aliphatic hydroxyl groups excluding tert-OH is 1. The molecule has 1 aromatic carbocycles. The molecule has 2 unspecified atom stereocenters. The normalized spacial score (nSPS) is 20.4. The Morgan fingerprint density at radius 1 is 1.28 bits per heavy atom. The van der Waals surface area contributed by atoms with Gasteiger partial charge in [-0.2, -0.15) is 0 Å². The van der Waals surface area contributed by atoms with Crippen LogP contribution >= 0.6 is 0 Å². The molecule has 1 aliphatic heterocycles. The fourth-order valence-electron chi connectivity index (χ4n) is 2.48. The minimum Gasteiger partial charge on any atom is -0.472 e. The first-order valence-corrected chi connectivity index (χ1v) is 6.24. The molecule has 0 amide bonds. The fourth-order valence-corrected chi connectivity index (χ4v) is 2.48. The second-order valence-electron chi connectivity index (χ2n) is 4.62. The van der Waals surface area contributed by atoms with Crippen LogP contribution in [-0.2, 0) is 11.2 Å². The summed E-state index contributed by atoms with van der Waals surface area (Å²) in [6.45, 7) is 0.722. The summed E-state index contributed by atoms with van der Waals surface area (Å²) in [7, 11) is 0. The minimum atomic E-state index is -0.542. The highest BCUT2D eigenvalue weighted by Gasteiger charge is 2.24. The largest absolute Gasteiger partial charge is 0.472 e. The molecule has 0 radical (unpaired) electrons. The van der Waals surface area contributed by atoms with Crippen molar-refractivity contribution in [3.8, 4) is 0 Å². The Kier molecular flexibility index (Phi) is 3.17. The van der Waals surface area contributed by atoms with E-state index in [0.29, 0.717) is 6.42 Å². The zero-order chi connectivity index (χ0) is 12.4. The maximum absolute atomic E-state index is 10.1. The van der Waals surface area contributed by atoms with Gasteiger partial charge in [0.2, 0.25) is 0 Å². The topological polar surface area (TPSA) is 42.6 Å². The van der Waals surface area contributed by atoms with E-state index < -0.39 is 6.10 Å². The summed E-state index contributed by atoms with van der Waals surface area (Å²) in [5.74, 6) is 0. The molecule has 1 N–H and O–H groups in total. The molecule has 94 valence electrons. The molecule has 0 saturated carbocycles. The van der Waals surface area contributed by atoms with Crippen LogP contribution < -0.4 is 0 Å². The van der Waals surface area contributed by atoms with E-state index in [0.717, 1.165) is 18.6 Å². The number of fused-ring (bicyclic) bond motifs is 1. The van der Waals surface area contributed by atoms with E-state index in [4.69, 9.17) is 9.15 Å². The smallest absolute Gasteiger partial charge is 0.0960 e. The molecule has 2 aromatic rings. The van der Waals surface area contributed by atoms with Crippen LogP contribution in [0.2, 0.25) is 0 Å². The van der Waals surface area contributed by atoms with Crippen molar-refractivity contribution in [3.63, 3.8) is 0 Å². The van der Waals surface area contributed by atoms with Crippen molar-refractivity contribution in [1.29, 1.82) is 0 Å². The Morgan fingerprint density at radius 3 is 3.00 bits per heavy atom. The average molecular weight is 244 g/mol. The first-order valence-electron chi connectivity index (χ1n) is 6.24. The monoisotopic (exact) mass is 244 g/mol. The Balaban J connectivity index is 1.78. The van der Waals surface area contributed by atoms with Crippen molar-refractivity contribution in [1.82, 2.24) is 0 Å². The fraction of sp³-hybridized carbons (Fsp3) is 0.333. The molecule has 0 fully saturated rings. The van der Waals surface area contributed by atoms with E-state index in [1.54, 1.807) is 18.6 Å². The molecule has 18 heavy (non-hydrogen) atoms. The Morgan fingerprint density at radius 2 is 2.17 bits per heavy atom. The van der Waals surface area contributed by atoms with Crippen LogP contribution in [0, 0.1) is 0 Å². The summed E-state index contributed by atoms with van der Waals surface area (Å²) in [6, 6.07) is 10.1. The number of aliphatic hydroxyl groups is 1. The minimum absolute atomic E-state index is 0.0279. The first kappa shape index (κ1) is 11.5. The van der Waals surface area contributed by atoms with Crippen LogP contribution in [0.1, 0.15) is 35.3 Å². The lowest BCUT2D eigenvalue weighted by molar-refractivity contribution is 0.00366. The third-order valence-corrected chi connectivity index (χ3v) is 3.46. The van der Waals surface area contributed by atoms with Gasteiger partial charge in [0, 0.05) is 12.0 Å². The van der Waals surface area contributed by atoms with Gasteiger partial charge in [0.1, 0.15) is 0 Å². The maximum Gasteiger partial charge on any atom is 0.0960 e. The van der Waals surface area contributed by atoms with Gasteiger partial charge in [-0.1, -0.05) is 24.3 Å². The van der Waals surface area contributed by atoms with E-state index in [9.17, 15) is 5.11 Å². The average Bonchev–Trinajstić information content (AvgIpc) is 2.93. The predicted octanol–water partition coefficient (Wildman–Crippen LogP) is 3.02. The third kappa shape index (κ3) is 2.19. The van der Waals surface area contributed by atoms with E-state index >= 15 is 0 Å². The maximum atomic E-state index is 10.1. The van der Waals surface area contributed by atoms with Crippen molar-refractivity contribution < 1.29 is 14.3 Å². The lowest BCUT2D eigenvalue weighted by Crippen LogP contribution is -2.18. The van der Waals surface area contributed by atoms with E-state index in [1.807, 2.05) is 12.1 Å². The van der Waals surface area contributed by atoms with Crippen LogP contribution in [0.25, 0.3) is 0 Å². The van der Waals surface area contributed by atoms with Crippen molar-refractivity contribution in [2.24, 2.45) is 0 Å². The van der Waals surface area contributed by atoms with Gasteiger partial charge in [-0.05, 0) is 23.6 Å². The van der Waals surface area contributed by atoms with Crippen molar-refractivity contribution in [3.05, 3.63) is 59.5 Å². The molecule has 0 spiro atoms. The van der Waals surface area contributed by atoms with Gasteiger partial charge in [0.15, 0.2) is 0 Å². The predicted molar refractivity (Wildman–Crippen MR) is 67.1 cm³/mol. The molecule has 1 aromatic heterocycles. The van der Waals surface area contributed by atoms with Crippen molar-refractivity contribution in [2.75, 3.05) is 6.61 Å². The molecule has 3 heteroatoms. The standard InChI is InChI=1S/C15H16O3/c16-14(12-5-7-17-10-12)9-15-13-4-2-1-3-11(13)6-8-18-15/h1-5,7,10,14-16H,6,8-9H2. The summed E-state index contributed by atoms with van der Waals surface area (Å²) in [4.78, 5) is 0. The lowest BCUT2D eigenvalue weighted by atomic mass is 9.93. The summed E-state index contributed by atoms with van der Waals surface area (Å²) < 4.78 is 10.8. The highest BCUT2D eigenvalue weighted by molar-refractivity contribution is 5.31. The molecular weight excluding hydrogens is 228 g/mol. The third-order valence-electron chi connectivity index (χ3n) is 3.46. The highest BCUT2D eigenvalue weighted by Crippen LogP contribution is 2.34. The van der Waals surface area contributed by atoms with Gasteiger partial charge in [0.25, 0.3) is 0 Å².